The fraction of sp³-hybridized carbons (Fsp3) is 0.381. The zero-order valence-electron chi connectivity index (χ0n) is 17.7. The van der Waals surface area contributed by atoms with E-state index in [0.717, 1.165) is 0 Å². The number of nitrogens with one attached hydrogen (secondary N) is 1. The number of carbonyl (C=O) groups excluding carboxylic acids is 3. The van der Waals surface area contributed by atoms with Crippen LogP contribution in [0.3, 0.4) is 0 Å². The average molecular weight is 445 g/mol. The molecular weight excluding hydrogens is 422 g/mol. The normalized spacial score (nSPS) is 22.1. The molecule has 3 rings (SSSR count). The van der Waals surface area contributed by atoms with Crippen molar-refractivity contribution in [3.63, 3.8) is 0 Å². The molecule has 1 unspecified atom stereocenters. The highest BCUT2D eigenvalue weighted by Crippen LogP contribution is 2.36. The van der Waals surface area contributed by atoms with Crippen molar-refractivity contribution in [3.05, 3.63) is 52.9 Å². The van der Waals surface area contributed by atoms with Gasteiger partial charge in [0.25, 0.3) is 5.56 Å². The van der Waals surface area contributed by atoms with E-state index in [4.69, 9.17) is 18.9 Å². The molecule has 2 aromatic rings. The molecule has 1 aliphatic rings. The quantitative estimate of drug-likeness (QED) is 0.491. The van der Waals surface area contributed by atoms with Crippen molar-refractivity contribution in [2.45, 2.75) is 45.3 Å². The van der Waals surface area contributed by atoms with E-state index in [1.807, 2.05) is 6.07 Å². The summed E-state index contributed by atoms with van der Waals surface area (Å²) in [4.78, 5) is 50.8. The number of hydrogen-bond acceptors (Lipinski definition) is 10. The van der Waals surface area contributed by atoms with E-state index in [1.165, 1.54) is 37.6 Å². The summed E-state index contributed by atoms with van der Waals surface area (Å²) in [6.45, 7) is 3.39. The van der Waals surface area contributed by atoms with Crippen molar-refractivity contribution in [2.75, 3.05) is 11.9 Å². The minimum absolute atomic E-state index is 0.112. The number of nitrogens with zero attached hydrogens (tertiary/aromatic N) is 2. The minimum Gasteiger partial charge on any atom is -0.463 e. The van der Waals surface area contributed by atoms with Crippen molar-refractivity contribution < 1.29 is 33.3 Å². The average Bonchev–Trinajstić information content (AvgIpc) is 3.03. The molecule has 11 heteroatoms. The number of rotatable bonds is 7. The molecule has 1 aromatic heterocycles. The molecule has 2 heterocycles. The Hall–Kier alpha value is -3.73. The third-order valence-electron chi connectivity index (χ3n) is 4.48. The van der Waals surface area contributed by atoms with Gasteiger partial charge < -0.3 is 24.3 Å². The molecule has 0 aliphatic carbocycles. The van der Waals surface area contributed by atoms with Crippen LogP contribution in [0.25, 0.3) is 0 Å². The molecule has 32 heavy (non-hydrogen) atoms. The Morgan fingerprint density at radius 1 is 1.00 bits per heavy atom. The first kappa shape index (κ1) is 22.9. The van der Waals surface area contributed by atoms with E-state index < -0.39 is 48.0 Å². The predicted octanol–water partition coefficient (Wildman–Crippen LogP) is 1.31. The summed E-state index contributed by atoms with van der Waals surface area (Å²) < 4.78 is 23.3. The largest absolute Gasteiger partial charge is 0.463 e. The number of hydrogen-bond donors (Lipinski definition) is 1. The zero-order valence-corrected chi connectivity index (χ0v) is 17.7. The fourth-order valence-electron chi connectivity index (χ4n) is 3.28. The second kappa shape index (κ2) is 10.1. The van der Waals surface area contributed by atoms with Crippen molar-refractivity contribution in [1.82, 2.24) is 9.55 Å². The second-order valence-corrected chi connectivity index (χ2v) is 7.00. The van der Waals surface area contributed by atoms with E-state index in [0.29, 0.717) is 5.69 Å². The first-order valence-electron chi connectivity index (χ1n) is 9.79. The van der Waals surface area contributed by atoms with Gasteiger partial charge in [0.2, 0.25) is 5.95 Å². The smallest absolute Gasteiger partial charge is 0.303 e. The maximum Gasteiger partial charge on any atom is 0.303 e. The Morgan fingerprint density at radius 2 is 1.66 bits per heavy atom. The van der Waals surface area contributed by atoms with Crippen LogP contribution < -0.4 is 10.9 Å². The highest BCUT2D eigenvalue weighted by Gasteiger charge is 2.51. The lowest BCUT2D eigenvalue weighted by Gasteiger charge is -2.25. The first-order valence-corrected chi connectivity index (χ1v) is 9.79. The Bertz CT molecular complexity index is 1040. The molecule has 4 atom stereocenters. The Morgan fingerprint density at radius 3 is 2.28 bits per heavy atom. The van der Waals surface area contributed by atoms with Crippen LogP contribution in [0.15, 0.2) is 47.4 Å². The summed E-state index contributed by atoms with van der Waals surface area (Å²) >= 11 is 0. The van der Waals surface area contributed by atoms with Crippen molar-refractivity contribution in [2.24, 2.45) is 0 Å². The summed E-state index contributed by atoms with van der Waals surface area (Å²) in [5, 5.41) is 3.02. The third kappa shape index (κ3) is 5.70. The third-order valence-corrected chi connectivity index (χ3v) is 4.48. The molecule has 1 aromatic carbocycles. The molecule has 0 radical (unpaired) electrons. The topological polar surface area (TPSA) is 135 Å². The number of anilines is 2. The molecule has 1 aliphatic heterocycles. The van der Waals surface area contributed by atoms with Crippen LogP contribution in [0, 0.1) is 0 Å². The molecule has 1 fully saturated rings. The van der Waals surface area contributed by atoms with Gasteiger partial charge in [-0.25, -0.2) is 0 Å². The maximum atomic E-state index is 11.9. The van der Waals surface area contributed by atoms with Crippen LogP contribution in [0.5, 0.6) is 0 Å². The summed E-state index contributed by atoms with van der Waals surface area (Å²) in [7, 11) is 0. The van der Waals surface area contributed by atoms with Crippen LogP contribution >= 0.6 is 0 Å². The van der Waals surface area contributed by atoms with Gasteiger partial charge >= 0.3 is 17.9 Å². The number of esters is 3. The van der Waals surface area contributed by atoms with E-state index in [2.05, 4.69) is 10.3 Å². The van der Waals surface area contributed by atoms with Gasteiger partial charge in [0, 0.05) is 38.7 Å². The van der Waals surface area contributed by atoms with Gasteiger partial charge in [0.1, 0.15) is 12.7 Å². The van der Waals surface area contributed by atoms with Crippen molar-refractivity contribution >= 4 is 29.5 Å². The van der Waals surface area contributed by atoms with E-state index in [1.54, 1.807) is 24.3 Å². The van der Waals surface area contributed by atoms with E-state index >= 15 is 0 Å². The highest BCUT2D eigenvalue weighted by atomic mass is 16.7. The fourth-order valence-corrected chi connectivity index (χ4v) is 3.28. The molecule has 0 saturated carbocycles. The maximum absolute atomic E-state index is 11.9. The molecular formula is C21H23N3O8. The van der Waals surface area contributed by atoms with Gasteiger partial charge in [-0.3, -0.25) is 23.7 Å². The Balaban J connectivity index is 2.01. The van der Waals surface area contributed by atoms with Crippen LogP contribution in [-0.2, 0) is 33.3 Å². The monoisotopic (exact) mass is 445 g/mol. The minimum atomic E-state index is -1.10. The molecule has 1 N–H and O–H groups in total. The number of carbonyl (C=O) groups is 3. The van der Waals surface area contributed by atoms with Crippen LogP contribution in [0.2, 0.25) is 0 Å². The van der Waals surface area contributed by atoms with Gasteiger partial charge in [0.15, 0.2) is 18.4 Å². The molecule has 1 saturated heterocycles. The van der Waals surface area contributed by atoms with Crippen LogP contribution in [0.1, 0.15) is 27.0 Å². The second-order valence-electron chi connectivity index (χ2n) is 7.00. The van der Waals surface area contributed by atoms with Crippen molar-refractivity contribution in [1.29, 1.82) is 0 Å². The van der Waals surface area contributed by atoms with Crippen LogP contribution in [-0.4, -0.2) is 52.4 Å². The molecule has 170 valence electrons. The standard InChI is InChI=1S/C21H23N3O8/c1-12(25)29-11-16-18(30-13(2)26)19(31-14(3)27)20(32-16)24-10-9-17(28)23-21(24)22-15-7-5-4-6-8-15/h4-10,16,18-20H,11H2,1-3H3,(H,22,23,28)/t16-,18-,19-,20?/m1/s1. The van der Waals surface area contributed by atoms with Gasteiger partial charge in [-0.05, 0) is 12.1 Å². The van der Waals surface area contributed by atoms with Gasteiger partial charge in [-0.2, -0.15) is 4.98 Å². The molecule has 0 bridgehead atoms. The highest BCUT2D eigenvalue weighted by molar-refractivity contribution is 5.68. The summed E-state index contributed by atoms with van der Waals surface area (Å²) in [6, 6.07) is 10.2. The summed E-state index contributed by atoms with van der Waals surface area (Å²) in [6.07, 6.45) is -2.72. The molecule has 0 spiro atoms. The zero-order chi connectivity index (χ0) is 23.3. The van der Waals surface area contributed by atoms with E-state index in [9.17, 15) is 19.2 Å². The van der Waals surface area contributed by atoms with Crippen molar-refractivity contribution in [3.8, 4) is 0 Å². The van der Waals surface area contributed by atoms with Gasteiger partial charge in [-0.15, -0.1) is 0 Å². The first-order chi connectivity index (χ1) is 15.2. The number of ether oxygens (including phenoxy) is 4. The Labute approximate surface area is 183 Å². The van der Waals surface area contributed by atoms with E-state index in [-0.39, 0.29) is 12.6 Å². The lowest BCUT2D eigenvalue weighted by atomic mass is 10.1. The van der Waals surface area contributed by atoms with Crippen LogP contribution in [0.4, 0.5) is 11.6 Å². The predicted molar refractivity (Wildman–Crippen MR) is 110 cm³/mol. The summed E-state index contributed by atoms with van der Waals surface area (Å²) in [5.74, 6) is -1.72. The lowest BCUT2D eigenvalue weighted by Crippen LogP contribution is -2.40. The number of para-hydroxylation sites is 1. The molecule has 11 nitrogen and oxygen atoms in total. The Kier molecular flexibility index (Phi) is 7.21. The summed E-state index contributed by atoms with van der Waals surface area (Å²) in [5.41, 5.74) is 0.143. The molecule has 0 amide bonds. The number of aromatic nitrogens is 2. The SMILES string of the molecule is CC(=O)OC[C@H]1OC(n2ccc(=O)nc2Nc2ccccc2)[C@H](OC(C)=O)[C@@H]1OC(C)=O. The lowest BCUT2D eigenvalue weighted by molar-refractivity contribution is -0.166. The van der Waals surface area contributed by atoms with Gasteiger partial charge in [-0.1, -0.05) is 18.2 Å². The number of benzene rings is 1. The van der Waals surface area contributed by atoms with Gasteiger partial charge in [0.05, 0.1) is 0 Å².